The van der Waals surface area contributed by atoms with Crippen LogP contribution in [-0.4, -0.2) is 9.97 Å². The molecule has 0 unspecified atom stereocenters. The third-order valence-electron chi connectivity index (χ3n) is 1.86. The number of nitrogens with zero attached hydrogens (tertiary/aromatic N) is 1. The van der Waals surface area contributed by atoms with Crippen LogP contribution in [0.4, 0.5) is 0 Å². The number of aryl methyl sites for hydroxylation is 1. The van der Waals surface area contributed by atoms with E-state index in [4.69, 9.17) is 0 Å². The Kier molecular flexibility index (Phi) is 3.27. The number of halogens is 2. The molecule has 0 aliphatic carbocycles. The van der Waals surface area contributed by atoms with Gasteiger partial charge in [-0.1, -0.05) is 0 Å². The van der Waals surface area contributed by atoms with Crippen molar-refractivity contribution in [2.24, 2.45) is 0 Å². The topological polar surface area (TPSA) is 45.8 Å². The zero-order valence-corrected chi connectivity index (χ0v) is 12.2. The number of hydrogen-bond acceptors (Lipinski definition) is 3. The first kappa shape index (κ1) is 11.3. The van der Waals surface area contributed by atoms with Crippen LogP contribution < -0.4 is 5.56 Å². The van der Waals surface area contributed by atoms with Crippen LogP contribution in [0.1, 0.15) is 5.69 Å². The molecule has 2 heterocycles. The highest BCUT2D eigenvalue weighted by atomic mass is 127. The molecule has 15 heavy (non-hydrogen) atoms. The fourth-order valence-corrected chi connectivity index (χ4v) is 2.90. The zero-order valence-electron chi connectivity index (χ0n) is 7.67. The number of H-pyrrole nitrogens is 1. The summed E-state index contributed by atoms with van der Waals surface area (Å²) >= 11 is 6.96. The Bertz CT molecular complexity index is 563. The molecule has 0 amide bonds. The van der Waals surface area contributed by atoms with E-state index in [0.717, 1.165) is 15.0 Å². The molecule has 6 heteroatoms. The predicted octanol–water partition coefficient (Wildman–Crippen LogP) is 3.17. The largest absolute Gasteiger partial charge is 0.305 e. The first-order chi connectivity index (χ1) is 7.09. The van der Waals surface area contributed by atoms with E-state index in [-0.39, 0.29) is 5.56 Å². The Balaban J connectivity index is 2.66. The lowest BCUT2D eigenvalue weighted by atomic mass is 10.4. The van der Waals surface area contributed by atoms with Gasteiger partial charge in [-0.05, 0) is 56.9 Å². The molecule has 0 aliphatic rings. The first-order valence-corrected chi connectivity index (χ1v) is 6.84. The maximum absolute atomic E-state index is 11.6. The van der Waals surface area contributed by atoms with Gasteiger partial charge in [-0.3, -0.25) is 4.79 Å². The summed E-state index contributed by atoms with van der Waals surface area (Å²) in [7, 11) is 0. The third kappa shape index (κ3) is 2.16. The fourth-order valence-electron chi connectivity index (χ4n) is 1.14. The summed E-state index contributed by atoms with van der Waals surface area (Å²) in [5.41, 5.74) is 0.674. The lowest BCUT2D eigenvalue weighted by Crippen LogP contribution is -2.14. The zero-order chi connectivity index (χ0) is 11.0. The SMILES string of the molecule is Cc1nc(-c2sccc2Br)[nH]c(=O)c1I. The van der Waals surface area contributed by atoms with Crippen molar-refractivity contribution in [3.63, 3.8) is 0 Å². The van der Waals surface area contributed by atoms with Crippen molar-refractivity contribution in [1.82, 2.24) is 9.97 Å². The molecule has 2 rings (SSSR count). The van der Waals surface area contributed by atoms with E-state index in [1.807, 2.05) is 41.0 Å². The molecule has 0 bridgehead atoms. The summed E-state index contributed by atoms with van der Waals surface area (Å²) in [5.74, 6) is 0.625. The van der Waals surface area contributed by atoms with Gasteiger partial charge in [0.2, 0.25) is 0 Å². The highest BCUT2D eigenvalue weighted by Crippen LogP contribution is 2.30. The summed E-state index contributed by atoms with van der Waals surface area (Å²) in [6.45, 7) is 1.84. The van der Waals surface area contributed by atoms with E-state index in [2.05, 4.69) is 25.9 Å². The van der Waals surface area contributed by atoms with Crippen molar-refractivity contribution in [1.29, 1.82) is 0 Å². The molecule has 0 saturated heterocycles. The monoisotopic (exact) mass is 396 g/mol. The van der Waals surface area contributed by atoms with Gasteiger partial charge in [0.1, 0.15) is 0 Å². The highest BCUT2D eigenvalue weighted by Gasteiger charge is 2.10. The van der Waals surface area contributed by atoms with Crippen molar-refractivity contribution in [3.8, 4) is 10.7 Å². The van der Waals surface area contributed by atoms with Crippen LogP contribution in [0.5, 0.6) is 0 Å². The van der Waals surface area contributed by atoms with Crippen LogP contribution in [0.2, 0.25) is 0 Å². The molecule has 0 aliphatic heterocycles. The third-order valence-corrected chi connectivity index (χ3v) is 4.98. The Morgan fingerprint density at radius 3 is 2.87 bits per heavy atom. The van der Waals surface area contributed by atoms with Gasteiger partial charge in [-0.15, -0.1) is 11.3 Å². The van der Waals surface area contributed by atoms with E-state index in [1.165, 1.54) is 0 Å². The minimum absolute atomic E-state index is 0.0848. The molecule has 0 saturated carbocycles. The number of hydrogen-bond donors (Lipinski definition) is 1. The Labute approximate surface area is 112 Å². The molecule has 2 aromatic rings. The number of thiophene rings is 1. The van der Waals surface area contributed by atoms with Gasteiger partial charge in [0.05, 0.1) is 14.1 Å². The van der Waals surface area contributed by atoms with E-state index < -0.39 is 0 Å². The molecule has 0 radical (unpaired) electrons. The van der Waals surface area contributed by atoms with Gasteiger partial charge in [-0.25, -0.2) is 4.98 Å². The van der Waals surface area contributed by atoms with E-state index >= 15 is 0 Å². The summed E-state index contributed by atoms with van der Waals surface area (Å²) < 4.78 is 1.60. The minimum Gasteiger partial charge on any atom is -0.305 e. The van der Waals surface area contributed by atoms with Gasteiger partial charge in [0, 0.05) is 4.47 Å². The number of aromatic nitrogens is 2. The molecular weight excluding hydrogens is 391 g/mol. The second-order valence-corrected chi connectivity index (χ2v) is 5.76. The molecule has 3 nitrogen and oxygen atoms in total. The molecule has 0 fully saturated rings. The normalized spacial score (nSPS) is 10.6. The number of rotatable bonds is 1. The smallest absolute Gasteiger partial charge is 0.264 e. The molecule has 2 aromatic heterocycles. The van der Waals surface area contributed by atoms with Crippen LogP contribution >= 0.6 is 49.9 Å². The Morgan fingerprint density at radius 2 is 2.33 bits per heavy atom. The van der Waals surface area contributed by atoms with Gasteiger partial charge in [0.25, 0.3) is 5.56 Å². The molecule has 0 atom stereocenters. The molecular formula is C9H6BrIN2OS. The van der Waals surface area contributed by atoms with Gasteiger partial charge in [0.15, 0.2) is 5.82 Å². The Hall–Kier alpha value is -0.210. The van der Waals surface area contributed by atoms with Gasteiger partial charge < -0.3 is 4.98 Å². The average Bonchev–Trinajstić information content (AvgIpc) is 2.60. The van der Waals surface area contributed by atoms with Crippen molar-refractivity contribution in [2.75, 3.05) is 0 Å². The van der Waals surface area contributed by atoms with Crippen molar-refractivity contribution >= 4 is 49.9 Å². The second-order valence-electron chi connectivity index (χ2n) is 2.91. The van der Waals surface area contributed by atoms with Crippen LogP contribution in [-0.2, 0) is 0 Å². The summed E-state index contributed by atoms with van der Waals surface area (Å²) in [4.78, 5) is 19.6. The lowest BCUT2D eigenvalue weighted by Gasteiger charge is -2.01. The van der Waals surface area contributed by atoms with Crippen molar-refractivity contribution in [3.05, 3.63) is 35.5 Å². The van der Waals surface area contributed by atoms with E-state index in [1.54, 1.807) is 11.3 Å². The first-order valence-electron chi connectivity index (χ1n) is 4.09. The average molecular weight is 397 g/mol. The van der Waals surface area contributed by atoms with Gasteiger partial charge in [-0.2, -0.15) is 0 Å². The van der Waals surface area contributed by atoms with Crippen LogP contribution in [0.3, 0.4) is 0 Å². The standard InChI is InChI=1S/C9H6BrIN2OS/c1-4-6(11)9(14)13-8(12-4)7-5(10)2-3-15-7/h2-3H,1H3,(H,12,13,14). The number of aromatic amines is 1. The second kappa shape index (κ2) is 4.34. The maximum Gasteiger partial charge on any atom is 0.264 e. The summed E-state index contributed by atoms with van der Waals surface area (Å²) in [6, 6.07) is 1.94. The Morgan fingerprint density at radius 1 is 1.60 bits per heavy atom. The molecule has 0 spiro atoms. The molecule has 0 aromatic carbocycles. The molecule has 78 valence electrons. The van der Waals surface area contributed by atoms with Crippen molar-refractivity contribution in [2.45, 2.75) is 6.92 Å². The predicted molar refractivity (Wildman–Crippen MR) is 73.3 cm³/mol. The van der Waals surface area contributed by atoms with Crippen LogP contribution in [0.25, 0.3) is 10.7 Å². The van der Waals surface area contributed by atoms with Crippen LogP contribution in [0.15, 0.2) is 20.7 Å². The summed E-state index contributed by atoms with van der Waals surface area (Å²) in [5, 5.41) is 1.95. The number of nitrogens with one attached hydrogen (secondary N) is 1. The van der Waals surface area contributed by atoms with Gasteiger partial charge >= 0.3 is 0 Å². The molecule has 1 N–H and O–H groups in total. The van der Waals surface area contributed by atoms with Crippen molar-refractivity contribution < 1.29 is 0 Å². The summed E-state index contributed by atoms with van der Waals surface area (Å²) in [6.07, 6.45) is 0. The van der Waals surface area contributed by atoms with E-state index in [0.29, 0.717) is 9.39 Å². The maximum atomic E-state index is 11.6. The fraction of sp³-hybridized carbons (Fsp3) is 0.111. The quantitative estimate of drug-likeness (QED) is 0.752. The highest BCUT2D eigenvalue weighted by molar-refractivity contribution is 14.1. The minimum atomic E-state index is -0.0848. The van der Waals surface area contributed by atoms with E-state index in [9.17, 15) is 4.79 Å². The van der Waals surface area contributed by atoms with Crippen LogP contribution in [0, 0.1) is 10.5 Å². The lowest BCUT2D eigenvalue weighted by molar-refractivity contribution is 1.06.